The van der Waals surface area contributed by atoms with Crippen LogP contribution >= 0.6 is 30.6 Å². The van der Waals surface area contributed by atoms with Crippen molar-refractivity contribution >= 4 is 30.6 Å². The molecule has 188 valence electrons. The number of rotatable bonds is 10. The van der Waals surface area contributed by atoms with Crippen LogP contribution in [0, 0.1) is 0 Å². The van der Waals surface area contributed by atoms with Crippen LogP contribution in [0.25, 0.3) is 0 Å². The van der Waals surface area contributed by atoms with E-state index in [1.165, 1.54) is 42.7 Å². The molecule has 34 heavy (non-hydrogen) atoms. The molecule has 1 aliphatic heterocycles. The molecule has 0 spiro atoms. The Morgan fingerprint density at radius 3 is 0.941 bits per heavy atom. The first kappa shape index (κ1) is 27.3. The highest BCUT2D eigenvalue weighted by molar-refractivity contribution is 7.78. The fourth-order valence-corrected chi connectivity index (χ4v) is 14.4. The van der Waals surface area contributed by atoms with Gasteiger partial charge in [-0.05, 0) is 24.3 Å². The van der Waals surface area contributed by atoms with Crippen LogP contribution in [0.1, 0.15) is 0 Å². The maximum atomic E-state index is 6.17. The Kier molecular flexibility index (Phi) is 9.35. The number of benzene rings is 2. The van der Waals surface area contributed by atoms with Crippen molar-refractivity contribution in [3.05, 3.63) is 60.7 Å². The van der Waals surface area contributed by atoms with Crippen molar-refractivity contribution in [1.29, 1.82) is 0 Å². The number of nitrogens with zero attached hydrogens (tertiary/aromatic N) is 4. The lowest BCUT2D eigenvalue weighted by atomic mass is 10.3. The summed E-state index contributed by atoms with van der Waals surface area (Å²) in [6.07, 6.45) is 0. The molecule has 0 saturated heterocycles. The Morgan fingerprint density at radius 2 is 0.676 bits per heavy atom. The molecule has 1 heterocycles. The minimum atomic E-state index is -3.55. The molecule has 0 N–H and O–H groups in total. The Morgan fingerprint density at radius 1 is 0.412 bits per heavy atom. The fourth-order valence-electron chi connectivity index (χ4n) is 2.62. The zero-order valence-corrected chi connectivity index (χ0v) is 23.2. The van der Waals surface area contributed by atoms with Crippen LogP contribution in [0.15, 0.2) is 78.7 Å². The van der Waals surface area contributed by atoms with Gasteiger partial charge >= 0.3 is 30.6 Å². The van der Waals surface area contributed by atoms with Crippen LogP contribution in [0.3, 0.4) is 0 Å². The summed E-state index contributed by atoms with van der Waals surface area (Å²) in [5.41, 5.74) is 0. The highest BCUT2D eigenvalue weighted by Crippen LogP contribution is 2.79. The van der Waals surface area contributed by atoms with Crippen molar-refractivity contribution in [2.75, 3.05) is 42.7 Å². The quantitative estimate of drug-likeness (QED) is 0.273. The number of para-hydroxylation sites is 2. The van der Waals surface area contributed by atoms with Crippen molar-refractivity contribution in [2.24, 2.45) is 18.1 Å². The zero-order valence-electron chi connectivity index (χ0n) is 19.6. The van der Waals surface area contributed by atoms with E-state index < -0.39 is 30.6 Å². The van der Waals surface area contributed by atoms with E-state index >= 15 is 0 Å². The summed E-state index contributed by atoms with van der Waals surface area (Å²) >= 11 is 0. The van der Waals surface area contributed by atoms with Crippen molar-refractivity contribution < 1.29 is 36.2 Å². The lowest BCUT2D eigenvalue weighted by molar-refractivity contribution is 0.316. The summed E-state index contributed by atoms with van der Waals surface area (Å²) in [5, 5.41) is 0. The second-order valence-electron chi connectivity index (χ2n) is 6.22. The van der Waals surface area contributed by atoms with E-state index in [4.69, 9.17) is 54.3 Å². The smallest absolute Gasteiger partial charge is 0.402 e. The van der Waals surface area contributed by atoms with Gasteiger partial charge in [-0.2, -0.15) is 0 Å². The summed E-state index contributed by atoms with van der Waals surface area (Å²) in [6, 6.07) is 17.9. The van der Waals surface area contributed by atoms with E-state index in [1.54, 1.807) is 48.5 Å². The first-order valence-corrected chi connectivity index (χ1v) is 15.9. The summed E-state index contributed by atoms with van der Waals surface area (Å²) in [4.78, 5) is 0. The molecule has 0 amide bonds. The predicted octanol–water partition coefficient (Wildman–Crippen LogP) is 7.82. The van der Waals surface area contributed by atoms with E-state index in [1.807, 2.05) is 12.1 Å². The van der Waals surface area contributed by atoms with Crippen LogP contribution in [0.5, 0.6) is 11.5 Å². The summed E-state index contributed by atoms with van der Waals surface area (Å²) in [7, 11) is -5.65. The minimum Gasteiger partial charge on any atom is -0.422 e. The van der Waals surface area contributed by atoms with Crippen molar-refractivity contribution in [1.82, 2.24) is 0 Å². The zero-order chi connectivity index (χ0) is 24.7. The Balaban J connectivity index is 2.37. The molecule has 16 heteroatoms. The molecule has 0 aliphatic carbocycles. The molecule has 2 aromatic carbocycles. The molecule has 3 rings (SSSR count). The van der Waals surface area contributed by atoms with Gasteiger partial charge in [0.2, 0.25) is 0 Å². The normalized spacial score (nSPS) is 25.4. The third kappa shape index (κ3) is 6.10. The lowest BCUT2D eigenvalue weighted by Gasteiger charge is -2.30. The SMILES string of the molecule is COP1(OC)=NP(OC)(Oc2ccccc2)=NP(OC)(OC)=NP(OC)(Oc2ccccc2)=N1. The Labute approximate surface area is 199 Å². The maximum Gasteiger partial charge on any atom is 0.402 e. The third-order valence-corrected chi connectivity index (χ3v) is 15.3. The van der Waals surface area contributed by atoms with Crippen LogP contribution in [0.2, 0.25) is 0 Å². The van der Waals surface area contributed by atoms with Crippen LogP contribution in [-0.4, -0.2) is 42.7 Å². The standard InChI is InChI=1S/C18H28N4O8P4/c1-23-31(24-2)19-33(27-5,29-17-13-9-7-10-14-17)21-32(25-3,26-4)22-34(20-31,28-6)30-18-15-11-8-12-16-18/h7-16H,1-6H3. The average Bonchev–Trinajstić information content (AvgIpc) is 2.88. The van der Waals surface area contributed by atoms with Crippen LogP contribution in [0.4, 0.5) is 0 Å². The van der Waals surface area contributed by atoms with Gasteiger partial charge in [0, 0.05) is 42.7 Å². The molecule has 2 unspecified atom stereocenters. The highest BCUT2D eigenvalue weighted by atomic mass is 31.3. The molecule has 0 aromatic heterocycles. The minimum absolute atomic E-state index is 0.453. The topological polar surface area (TPSA) is 123 Å². The van der Waals surface area contributed by atoms with Gasteiger partial charge in [0.1, 0.15) is 11.5 Å². The maximum absolute atomic E-state index is 6.17. The summed E-state index contributed by atoms with van der Waals surface area (Å²) in [5.74, 6) is 0.907. The van der Waals surface area contributed by atoms with Crippen molar-refractivity contribution in [2.45, 2.75) is 0 Å². The Hall–Kier alpha value is -1.28. The Bertz CT molecular complexity index is 1080. The fraction of sp³-hybridized carbons (Fsp3) is 0.333. The van der Waals surface area contributed by atoms with Gasteiger partial charge in [-0.25, -0.2) is 0 Å². The molecular weight excluding hydrogens is 524 g/mol. The van der Waals surface area contributed by atoms with Gasteiger partial charge in [-0.15, -0.1) is 18.1 Å². The van der Waals surface area contributed by atoms with Gasteiger partial charge in [0.05, 0.1) is 0 Å². The molecule has 0 fully saturated rings. The van der Waals surface area contributed by atoms with Gasteiger partial charge in [0.25, 0.3) is 0 Å². The molecule has 12 nitrogen and oxygen atoms in total. The third-order valence-electron chi connectivity index (χ3n) is 4.27. The van der Waals surface area contributed by atoms with Crippen molar-refractivity contribution in [3.63, 3.8) is 0 Å². The van der Waals surface area contributed by atoms with E-state index in [2.05, 4.69) is 0 Å². The second kappa shape index (κ2) is 11.6. The second-order valence-corrected chi connectivity index (χ2v) is 15.6. The van der Waals surface area contributed by atoms with Gasteiger partial charge < -0.3 is 36.2 Å². The van der Waals surface area contributed by atoms with Gasteiger partial charge in [-0.3, -0.25) is 0 Å². The summed E-state index contributed by atoms with van der Waals surface area (Å²) in [6.45, 7) is 0. The van der Waals surface area contributed by atoms with Crippen molar-refractivity contribution in [3.8, 4) is 11.5 Å². The molecule has 2 atom stereocenters. The number of hydrogen-bond donors (Lipinski definition) is 0. The largest absolute Gasteiger partial charge is 0.422 e. The van der Waals surface area contributed by atoms with E-state index in [-0.39, 0.29) is 0 Å². The number of hydrogen-bond acceptors (Lipinski definition) is 12. The molecule has 2 aromatic rings. The van der Waals surface area contributed by atoms with E-state index in [9.17, 15) is 0 Å². The molecule has 0 radical (unpaired) electrons. The molecule has 0 saturated carbocycles. The lowest BCUT2D eigenvalue weighted by Crippen LogP contribution is -2.02. The first-order valence-electron chi connectivity index (χ1n) is 9.74. The summed E-state index contributed by atoms with van der Waals surface area (Å²) < 4.78 is 65.4. The molecule has 0 bridgehead atoms. The van der Waals surface area contributed by atoms with Gasteiger partial charge in [0.15, 0.2) is 0 Å². The monoisotopic (exact) mass is 552 g/mol. The van der Waals surface area contributed by atoms with E-state index in [0.29, 0.717) is 11.5 Å². The molecule has 1 aliphatic rings. The predicted molar refractivity (Wildman–Crippen MR) is 134 cm³/mol. The van der Waals surface area contributed by atoms with Crippen LogP contribution < -0.4 is 9.05 Å². The van der Waals surface area contributed by atoms with E-state index in [0.717, 1.165) is 0 Å². The van der Waals surface area contributed by atoms with Crippen LogP contribution in [-0.2, 0) is 27.1 Å². The molecular formula is C18H28N4O8P4. The van der Waals surface area contributed by atoms with Gasteiger partial charge in [-0.1, -0.05) is 36.4 Å². The first-order chi connectivity index (χ1) is 16.3. The highest BCUT2D eigenvalue weighted by Gasteiger charge is 2.42. The average molecular weight is 552 g/mol.